The van der Waals surface area contributed by atoms with Gasteiger partial charge in [-0.15, -0.1) is 0 Å². The summed E-state index contributed by atoms with van der Waals surface area (Å²) in [5.74, 6) is -2.75. The predicted octanol–water partition coefficient (Wildman–Crippen LogP) is 4.50. The van der Waals surface area contributed by atoms with Crippen LogP contribution in [0, 0.1) is 17.5 Å². The number of aromatic nitrogens is 2. The van der Waals surface area contributed by atoms with Crippen molar-refractivity contribution in [3.63, 3.8) is 0 Å². The highest BCUT2D eigenvalue weighted by atomic mass is 32.2. The van der Waals surface area contributed by atoms with Crippen molar-refractivity contribution in [2.24, 2.45) is 0 Å². The Morgan fingerprint density at radius 3 is 2.44 bits per heavy atom. The molecule has 0 aliphatic heterocycles. The summed E-state index contributed by atoms with van der Waals surface area (Å²) >= 11 is 1.34. The van der Waals surface area contributed by atoms with Crippen molar-refractivity contribution in [2.75, 3.05) is 6.26 Å². The number of rotatable bonds is 5. The highest BCUT2D eigenvalue weighted by Crippen LogP contribution is 2.23. The molecule has 3 aromatic rings. The van der Waals surface area contributed by atoms with Crippen molar-refractivity contribution in [1.82, 2.24) is 14.9 Å². The molecule has 0 saturated heterocycles. The van der Waals surface area contributed by atoms with E-state index < -0.39 is 23.6 Å². The van der Waals surface area contributed by atoms with Crippen LogP contribution in [-0.4, -0.2) is 21.7 Å². The third kappa shape index (κ3) is 4.00. The number of imidazole rings is 1. The van der Waals surface area contributed by atoms with E-state index in [0.717, 1.165) is 12.1 Å². The molecule has 0 radical (unpaired) electrons. The van der Waals surface area contributed by atoms with Crippen LogP contribution in [0.5, 0.6) is 0 Å². The molecule has 1 atom stereocenters. The molecule has 3 rings (SSSR count). The Balaban J connectivity index is 1.89. The van der Waals surface area contributed by atoms with E-state index in [4.69, 9.17) is 0 Å². The Hall–Kier alpha value is -2.74. The Bertz CT molecular complexity index is 973. The molecule has 1 unspecified atom stereocenters. The highest BCUT2D eigenvalue weighted by molar-refractivity contribution is 7.98. The number of carbonyl (C=O) groups is 1. The zero-order chi connectivity index (χ0) is 19.6. The lowest BCUT2D eigenvalue weighted by Gasteiger charge is -2.16. The van der Waals surface area contributed by atoms with Gasteiger partial charge in [0.15, 0.2) is 16.8 Å². The summed E-state index contributed by atoms with van der Waals surface area (Å²) < 4.78 is 41.4. The van der Waals surface area contributed by atoms with Gasteiger partial charge in [0.2, 0.25) is 0 Å². The molecule has 0 fully saturated rings. The molecular weight excluding hydrogens is 375 g/mol. The van der Waals surface area contributed by atoms with Crippen molar-refractivity contribution in [3.8, 4) is 5.69 Å². The lowest BCUT2D eigenvalue weighted by atomic mass is 10.1. The Kier molecular flexibility index (Phi) is 5.55. The summed E-state index contributed by atoms with van der Waals surface area (Å²) in [6.45, 7) is 1.67. The van der Waals surface area contributed by atoms with E-state index in [1.807, 2.05) is 6.26 Å². The number of nitrogens with zero attached hydrogens (tertiary/aromatic N) is 2. The van der Waals surface area contributed by atoms with Crippen molar-refractivity contribution >= 4 is 17.7 Å². The van der Waals surface area contributed by atoms with Crippen molar-refractivity contribution in [3.05, 3.63) is 77.4 Å². The standard InChI is InChI=1S/C19H16F3N3OS/c1-11(12-3-8-15(21)16(22)9-12)24-18(26)17-10-23-19(27-2)25(17)14-6-4-13(20)5-7-14/h3-11H,1-2H3,(H,24,26). The highest BCUT2D eigenvalue weighted by Gasteiger charge is 2.20. The summed E-state index contributed by atoms with van der Waals surface area (Å²) in [6, 6.07) is 8.61. The number of carbonyl (C=O) groups excluding carboxylic acids is 1. The molecule has 1 aromatic heterocycles. The minimum absolute atomic E-state index is 0.250. The minimum Gasteiger partial charge on any atom is -0.344 e. The summed E-state index contributed by atoms with van der Waals surface area (Å²) in [7, 11) is 0. The van der Waals surface area contributed by atoms with Crippen LogP contribution in [-0.2, 0) is 0 Å². The molecule has 1 N–H and O–H groups in total. The summed E-state index contributed by atoms with van der Waals surface area (Å²) in [6.07, 6.45) is 3.23. The molecule has 0 aliphatic carbocycles. The van der Waals surface area contributed by atoms with Crippen molar-refractivity contribution < 1.29 is 18.0 Å². The van der Waals surface area contributed by atoms with Crippen LogP contribution in [0.1, 0.15) is 29.0 Å². The van der Waals surface area contributed by atoms with Crippen LogP contribution in [0.15, 0.2) is 53.8 Å². The summed E-state index contributed by atoms with van der Waals surface area (Å²) in [4.78, 5) is 17.0. The Morgan fingerprint density at radius 2 is 1.81 bits per heavy atom. The number of thioether (sulfide) groups is 1. The van der Waals surface area contributed by atoms with Crippen LogP contribution in [0.3, 0.4) is 0 Å². The fourth-order valence-electron chi connectivity index (χ4n) is 2.61. The van der Waals surface area contributed by atoms with Gasteiger partial charge in [-0.25, -0.2) is 18.2 Å². The minimum atomic E-state index is -0.977. The zero-order valence-corrected chi connectivity index (χ0v) is 15.4. The van der Waals surface area contributed by atoms with Gasteiger partial charge in [-0.3, -0.25) is 9.36 Å². The van der Waals surface area contributed by atoms with Crippen molar-refractivity contribution in [2.45, 2.75) is 18.1 Å². The molecule has 1 heterocycles. The molecule has 0 aliphatic rings. The monoisotopic (exact) mass is 391 g/mol. The quantitative estimate of drug-likeness (QED) is 0.652. The summed E-state index contributed by atoms with van der Waals surface area (Å²) in [5.41, 5.74) is 1.27. The maximum Gasteiger partial charge on any atom is 0.270 e. The smallest absolute Gasteiger partial charge is 0.270 e. The van der Waals surface area contributed by atoms with E-state index in [2.05, 4.69) is 10.3 Å². The van der Waals surface area contributed by atoms with Gasteiger partial charge in [0, 0.05) is 5.69 Å². The number of amides is 1. The average Bonchev–Trinajstić information content (AvgIpc) is 3.08. The lowest BCUT2D eigenvalue weighted by Crippen LogP contribution is -2.28. The third-order valence-electron chi connectivity index (χ3n) is 4.02. The van der Waals surface area contributed by atoms with E-state index in [0.29, 0.717) is 16.4 Å². The first kappa shape index (κ1) is 19.0. The Morgan fingerprint density at radius 1 is 1.11 bits per heavy atom. The molecule has 0 spiro atoms. The molecule has 27 heavy (non-hydrogen) atoms. The van der Waals surface area contributed by atoms with E-state index in [9.17, 15) is 18.0 Å². The van der Waals surface area contributed by atoms with E-state index in [1.165, 1.54) is 36.2 Å². The molecule has 140 valence electrons. The molecule has 1 amide bonds. The number of halogens is 3. The average molecular weight is 391 g/mol. The zero-order valence-electron chi connectivity index (χ0n) is 14.5. The van der Waals surface area contributed by atoms with Gasteiger partial charge >= 0.3 is 0 Å². The first-order valence-corrected chi connectivity index (χ1v) is 9.26. The van der Waals surface area contributed by atoms with E-state index in [1.54, 1.807) is 23.6 Å². The number of benzene rings is 2. The number of hydrogen-bond donors (Lipinski definition) is 1. The summed E-state index contributed by atoms with van der Waals surface area (Å²) in [5, 5.41) is 3.31. The Labute approximate surface area is 158 Å². The largest absolute Gasteiger partial charge is 0.344 e. The second kappa shape index (κ2) is 7.87. The molecule has 2 aromatic carbocycles. The normalized spacial score (nSPS) is 12.0. The third-order valence-corrected chi connectivity index (χ3v) is 4.67. The lowest BCUT2D eigenvalue weighted by molar-refractivity contribution is 0.0932. The molecule has 8 heteroatoms. The molecule has 4 nitrogen and oxygen atoms in total. The number of nitrogens with one attached hydrogen (secondary N) is 1. The van der Waals surface area contributed by atoms with Crippen LogP contribution in [0.25, 0.3) is 5.69 Å². The maximum atomic E-state index is 13.4. The fraction of sp³-hybridized carbons (Fsp3) is 0.158. The van der Waals surface area contributed by atoms with Crippen molar-refractivity contribution in [1.29, 1.82) is 0 Å². The fourth-order valence-corrected chi connectivity index (χ4v) is 3.16. The first-order valence-electron chi connectivity index (χ1n) is 8.04. The van der Waals surface area contributed by atoms with Gasteiger partial charge in [0.05, 0.1) is 12.2 Å². The predicted molar refractivity (Wildman–Crippen MR) is 97.5 cm³/mol. The first-order chi connectivity index (χ1) is 12.9. The molecule has 0 saturated carbocycles. The number of hydrogen-bond acceptors (Lipinski definition) is 3. The second-order valence-electron chi connectivity index (χ2n) is 5.81. The van der Waals surface area contributed by atoms with Gasteiger partial charge < -0.3 is 5.32 Å². The van der Waals surface area contributed by atoms with Crippen LogP contribution in [0.2, 0.25) is 0 Å². The molecular formula is C19H16F3N3OS. The van der Waals surface area contributed by atoms with E-state index >= 15 is 0 Å². The van der Waals surface area contributed by atoms with Crippen LogP contribution < -0.4 is 5.32 Å². The van der Waals surface area contributed by atoms with Crippen LogP contribution in [0.4, 0.5) is 13.2 Å². The topological polar surface area (TPSA) is 46.9 Å². The second-order valence-corrected chi connectivity index (χ2v) is 6.58. The van der Waals surface area contributed by atoms with Gasteiger partial charge in [-0.1, -0.05) is 17.8 Å². The van der Waals surface area contributed by atoms with Crippen LogP contribution >= 0.6 is 11.8 Å². The van der Waals surface area contributed by atoms with Gasteiger partial charge in [-0.05, 0) is 55.1 Å². The van der Waals surface area contributed by atoms with E-state index in [-0.39, 0.29) is 11.5 Å². The van der Waals surface area contributed by atoms with Gasteiger partial charge in [-0.2, -0.15) is 0 Å². The van der Waals surface area contributed by atoms with Gasteiger partial charge in [0.25, 0.3) is 5.91 Å². The van der Waals surface area contributed by atoms with Gasteiger partial charge in [0.1, 0.15) is 11.5 Å². The maximum absolute atomic E-state index is 13.4. The SMILES string of the molecule is CSc1ncc(C(=O)NC(C)c2ccc(F)c(F)c2)n1-c1ccc(F)cc1. The molecule has 0 bridgehead atoms.